The second-order valence-electron chi connectivity index (χ2n) is 4.55. The highest BCUT2D eigenvalue weighted by Gasteiger charge is 1.93. The molecule has 0 aliphatic heterocycles. The molecule has 26 heavy (non-hydrogen) atoms. The van der Waals surface area contributed by atoms with E-state index in [2.05, 4.69) is 23.7 Å². The van der Waals surface area contributed by atoms with Gasteiger partial charge < -0.3 is 33.5 Å². The molecule has 0 heterocycles. The molecule has 0 aliphatic rings. The van der Waals surface area contributed by atoms with E-state index in [0.717, 1.165) is 0 Å². The first-order valence-corrected chi connectivity index (χ1v) is 9.00. The Morgan fingerprint density at radius 3 is 1.19 bits per heavy atom. The molecule has 0 saturated carbocycles. The molecule has 0 atom stereocenters. The van der Waals surface area contributed by atoms with Gasteiger partial charge in [-0.05, 0) is 0 Å². The van der Waals surface area contributed by atoms with Crippen molar-refractivity contribution in [3.63, 3.8) is 0 Å². The van der Waals surface area contributed by atoms with Crippen molar-refractivity contribution in [3.8, 4) is 23.7 Å². The number of hydrogen-bond acceptors (Lipinski definition) is 7. The summed E-state index contributed by atoms with van der Waals surface area (Å²) in [5, 5.41) is 8.44. The zero-order valence-corrected chi connectivity index (χ0v) is 15.9. The molecule has 0 saturated heterocycles. The van der Waals surface area contributed by atoms with Gasteiger partial charge in [0.05, 0.1) is 71.9 Å². The predicted molar refractivity (Wildman–Crippen MR) is 98.3 cm³/mol. The number of alkyl halides is 1. The van der Waals surface area contributed by atoms with Gasteiger partial charge in [-0.2, -0.15) is 0 Å². The molecule has 0 unspecified atom stereocenters. The second-order valence-corrected chi connectivity index (χ2v) is 4.82. The van der Waals surface area contributed by atoms with Crippen molar-refractivity contribution in [2.75, 3.05) is 91.8 Å². The first-order chi connectivity index (χ1) is 12.9. The molecule has 1 N–H and O–H groups in total. The van der Waals surface area contributed by atoms with E-state index in [1.165, 1.54) is 0 Å². The summed E-state index contributed by atoms with van der Waals surface area (Å²) in [5.74, 6) is 10.9. The molecule has 0 bridgehead atoms. The molecule has 150 valence electrons. The summed E-state index contributed by atoms with van der Waals surface area (Å²) in [6.45, 7) is 5.57. The fraction of sp³-hybridized carbons (Fsp3) is 0.778. The van der Waals surface area contributed by atoms with Crippen molar-refractivity contribution >= 4 is 11.6 Å². The summed E-state index contributed by atoms with van der Waals surface area (Å²) in [6.07, 6.45) is 0. The summed E-state index contributed by atoms with van der Waals surface area (Å²) in [5.41, 5.74) is 0. The zero-order valence-electron chi connectivity index (χ0n) is 15.2. The summed E-state index contributed by atoms with van der Waals surface area (Å²) in [4.78, 5) is 0. The van der Waals surface area contributed by atoms with E-state index in [1.54, 1.807) is 0 Å². The Bertz CT molecular complexity index is 360. The normalized spacial score (nSPS) is 10.1. The van der Waals surface area contributed by atoms with Gasteiger partial charge in [-0.15, -0.1) is 11.6 Å². The van der Waals surface area contributed by atoms with E-state index in [0.29, 0.717) is 85.2 Å². The third-order valence-corrected chi connectivity index (χ3v) is 2.74. The van der Waals surface area contributed by atoms with Crippen molar-refractivity contribution in [3.05, 3.63) is 0 Å². The van der Waals surface area contributed by atoms with Crippen molar-refractivity contribution < 1.29 is 33.5 Å². The fourth-order valence-corrected chi connectivity index (χ4v) is 1.54. The van der Waals surface area contributed by atoms with E-state index in [4.69, 9.17) is 45.1 Å². The molecular formula is C18H29ClO7. The molecule has 0 amide bonds. The lowest BCUT2D eigenvalue weighted by molar-refractivity contribution is -0.0142. The van der Waals surface area contributed by atoms with Gasteiger partial charge >= 0.3 is 0 Å². The van der Waals surface area contributed by atoms with Crippen LogP contribution in [0.1, 0.15) is 0 Å². The number of hydrogen-bond donors (Lipinski definition) is 1. The molecule has 0 aliphatic carbocycles. The smallest absolute Gasteiger partial charge is 0.107 e. The van der Waals surface area contributed by atoms with Crippen LogP contribution in [-0.4, -0.2) is 96.9 Å². The molecule has 0 aromatic carbocycles. The monoisotopic (exact) mass is 392 g/mol. The largest absolute Gasteiger partial charge is 0.384 e. The van der Waals surface area contributed by atoms with Gasteiger partial charge in [0.1, 0.15) is 19.8 Å². The highest BCUT2D eigenvalue weighted by molar-refractivity contribution is 6.19. The zero-order chi connectivity index (χ0) is 19.0. The van der Waals surface area contributed by atoms with E-state index < -0.39 is 0 Å². The maximum atomic E-state index is 8.44. The molecule has 0 rings (SSSR count). The van der Waals surface area contributed by atoms with Crippen molar-refractivity contribution in [2.24, 2.45) is 0 Å². The first-order valence-electron chi connectivity index (χ1n) is 8.46. The molecule has 0 fully saturated rings. The number of aliphatic hydroxyl groups excluding tert-OH is 1. The Hall–Kier alpha value is -0.870. The SMILES string of the molecule is OCC#CCOCCOCCOCCOCCOCCOCC#CCCl. The lowest BCUT2D eigenvalue weighted by atomic mass is 10.6. The molecule has 0 aromatic rings. The Morgan fingerprint density at radius 2 is 0.846 bits per heavy atom. The van der Waals surface area contributed by atoms with Crippen LogP contribution < -0.4 is 0 Å². The average molecular weight is 393 g/mol. The van der Waals surface area contributed by atoms with E-state index in [-0.39, 0.29) is 6.61 Å². The van der Waals surface area contributed by atoms with Gasteiger partial charge in [0, 0.05) is 0 Å². The van der Waals surface area contributed by atoms with Gasteiger partial charge in [0.2, 0.25) is 0 Å². The molecule has 0 spiro atoms. The van der Waals surface area contributed by atoms with Crippen LogP contribution in [0.15, 0.2) is 0 Å². The summed E-state index contributed by atoms with van der Waals surface area (Å²) >= 11 is 5.40. The molecule has 0 radical (unpaired) electrons. The minimum absolute atomic E-state index is 0.144. The first kappa shape index (κ1) is 25.1. The topological polar surface area (TPSA) is 75.6 Å². The van der Waals surface area contributed by atoms with Gasteiger partial charge in [-0.1, -0.05) is 23.7 Å². The number of ether oxygens (including phenoxy) is 6. The Balaban J connectivity index is 3.03. The van der Waals surface area contributed by atoms with Crippen LogP contribution in [0.4, 0.5) is 0 Å². The molecule has 8 heteroatoms. The van der Waals surface area contributed by atoms with Gasteiger partial charge in [-0.3, -0.25) is 0 Å². The lowest BCUT2D eigenvalue weighted by Gasteiger charge is -2.07. The van der Waals surface area contributed by atoms with Crippen LogP contribution >= 0.6 is 11.6 Å². The predicted octanol–water partition coefficient (Wildman–Crippen LogP) is 0.324. The van der Waals surface area contributed by atoms with E-state index >= 15 is 0 Å². The van der Waals surface area contributed by atoms with E-state index in [1.807, 2.05) is 0 Å². The Kier molecular flexibility index (Phi) is 23.3. The highest BCUT2D eigenvalue weighted by Crippen LogP contribution is 1.84. The van der Waals surface area contributed by atoms with Crippen molar-refractivity contribution in [1.82, 2.24) is 0 Å². The van der Waals surface area contributed by atoms with Gasteiger partial charge in [0.15, 0.2) is 0 Å². The molecular weight excluding hydrogens is 364 g/mol. The van der Waals surface area contributed by atoms with Crippen molar-refractivity contribution in [2.45, 2.75) is 0 Å². The molecule has 7 nitrogen and oxygen atoms in total. The summed E-state index contributed by atoms with van der Waals surface area (Å²) < 4.78 is 31.8. The maximum absolute atomic E-state index is 8.44. The Labute approximate surface area is 161 Å². The van der Waals surface area contributed by atoms with Crippen LogP contribution in [0.5, 0.6) is 0 Å². The highest BCUT2D eigenvalue weighted by atomic mass is 35.5. The number of rotatable bonds is 17. The third kappa shape index (κ3) is 23.1. The van der Waals surface area contributed by atoms with Crippen LogP contribution in [0.25, 0.3) is 0 Å². The van der Waals surface area contributed by atoms with Crippen LogP contribution in [0.3, 0.4) is 0 Å². The number of aliphatic hydroxyl groups is 1. The minimum atomic E-state index is -0.144. The summed E-state index contributed by atoms with van der Waals surface area (Å²) in [6, 6.07) is 0. The average Bonchev–Trinajstić information content (AvgIpc) is 2.66. The number of halogens is 1. The van der Waals surface area contributed by atoms with E-state index in [9.17, 15) is 0 Å². The minimum Gasteiger partial charge on any atom is -0.384 e. The quantitative estimate of drug-likeness (QED) is 0.217. The summed E-state index contributed by atoms with van der Waals surface area (Å²) in [7, 11) is 0. The van der Waals surface area contributed by atoms with Crippen LogP contribution in [-0.2, 0) is 28.4 Å². The standard InChI is InChI=1S/C18H29ClO7/c19-5-1-3-7-21-9-11-23-13-15-25-17-18-26-16-14-24-12-10-22-8-4-2-6-20/h20H,5-18H2. The lowest BCUT2D eigenvalue weighted by Crippen LogP contribution is -2.14. The maximum Gasteiger partial charge on any atom is 0.107 e. The second kappa shape index (κ2) is 24.1. The van der Waals surface area contributed by atoms with Crippen LogP contribution in [0.2, 0.25) is 0 Å². The Morgan fingerprint density at radius 1 is 0.500 bits per heavy atom. The van der Waals surface area contributed by atoms with Crippen LogP contribution in [0, 0.1) is 23.7 Å². The van der Waals surface area contributed by atoms with Crippen molar-refractivity contribution in [1.29, 1.82) is 0 Å². The third-order valence-electron chi connectivity index (χ3n) is 2.60. The fourth-order valence-electron chi connectivity index (χ4n) is 1.45. The van der Waals surface area contributed by atoms with Gasteiger partial charge in [0.25, 0.3) is 0 Å². The van der Waals surface area contributed by atoms with Gasteiger partial charge in [-0.25, -0.2) is 0 Å². The molecule has 0 aromatic heterocycles.